The summed E-state index contributed by atoms with van der Waals surface area (Å²) in [5.41, 5.74) is 0.300. The molecule has 3 aliphatic rings. The lowest BCUT2D eigenvalue weighted by molar-refractivity contribution is 0.122. The number of anilines is 2. The number of morpholine rings is 1. The van der Waals surface area contributed by atoms with Gasteiger partial charge in [0.1, 0.15) is 11.0 Å². The van der Waals surface area contributed by atoms with Gasteiger partial charge in [0.15, 0.2) is 0 Å². The molecule has 0 saturated carbocycles. The van der Waals surface area contributed by atoms with E-state index in [1.54, 1.807) is 0 Å². The molecule has 1 aromatic heterocycles. The lowest BCUT2D eigenvalue weighted by Gasteiger charge is -2.40. The highest BCUT2D eigenvalue weighted by atomic mass is 35.5. The van der Waals surface area contributed by atoms with E-state index in [0.717, 1.165) is 70.8 Å². The van der Waals surface area contributed by atoms with Gasteiger partial charge in [-0.3, -0.25) is 0 Å². The molecule has 23 heavy (non-hydrogen) atoms. The first-order chi connectivity index (χ1) is 11.2. The summed E-state index contributed by atoms with van der Waals surface area (Å²) in [7, 11) is 0. The molecule has 6 nitrogen and oxygen atoms in total. The molecule has 0 aromatic carbocycles. The van der Waals surface area contributed by atoms with E-state index in [-0.39, 0.29) is 0 Å². The fourth-order valence-corrected chi connectivity index (χ4v) is 4.01. The summed E-state index contributed by atoms with van der Waals surface area (Å²) in [6, 6.07) is 1.89. The number of ether oxygens (including phenoxy) is 2. The summed E-state index contributed by atoms with van der Waals surface area (Å²) >= 11 is 6.28. The van der Waals surface area contributed by atoms with Crippen LogP contribution in [0.15, 0.2) is 6.07 Å². The maximum atomic E-state index is 6.28. The molecule has 4 heterocycles. The Morgan fingerprint density at radius 3 is 2.65 bits per heavy atom. The zero-order valence-corrected chi connectivity index (χ0v) is 14.1. The molecular formula is C16H23ClN4O2. The number of nitrogens with zero attached hydrogens (tertiary/aromatic N) is 4. The Labute approximate surface area is 141 Å². The Morgan fingerprint density at radius 1 is 1.00 bits per heavy atom. The highest BCUT2D eigenvalue weighted by Gasteiger charge is 2.39. The van der Waals surface area contributed by atoms with Gasteiger partial charge in [0, 0.05) is 44.3 Å². The van der Waals surface area contributed by atoms with Gasteiger partial charge in [0.2, 0.25) is 5.95 Å². The van der Waals surface area contributed by atoms with Crippen molar-refractivity contribution in [2.24, 2.45) is 5.41 Å². The van der Waals surface area contributed by atoms with Crippen LogP contribution >= 0.6 is 11.6 Å². The molecule has 3 saturated heterocycles. The maximum absolute atomic E-state index is 6.28. The van der Waals surface area contributed by atoms with Crippen molar-refractivity contribution in [3.05, 3.63) is 11.2 Å². The SMILES string of the molecule is Clc1cc(N2CCCC3(CCOC3)C2)nc(N2CCOCC2)n1. The van der Waals surface area contributed by atoms with Crippen LogP contribution in [-0.4, -0.2) is 62.6 Å². The Morgan fingerprint density at radius 2 is 1.87 bits per heavy atom. The quantitative estimate of drug-likeness (QED) is 0.768. The second-order valence-corrected chi connectivity index (χ2v) is 7.16. The van der Waals surface area contributed by atoms with Crippen molar-refractivity contribution < 1.29 is 9.47 Å². The summed E-state index contributed by atoms with van der Waals surface area (Å²) in [5, 5.41) is 0.513. The predicted octanol–water partition coefficient (Wildman–Crippen LogP) is 1.97. The van der Waals surface area contributed by atoms with Gasteiger partial charge in [-0.2, -0.15) is 4.98 Å². The summed E-state index contributed by atoms with van der Waals surface area (Å²) in [6.45, 7) is 6.86. The van der Waals surface area contributed by atoms with Gasteiger partial charge >= 0.3 is 0 Å². The van der Waals surface area contributed by atoms with Crippen LogP contribution in [0, 0.1) is 5.41 Å². The minimum Gasteiger partial charge on any atom is -0.381 e. The standard InChI is InChI=1S/C16H23ClN4O2/c17-13-10-14(19-15(18-13)20-5-8-22-9-6-20)21-4-1-2-16(11-21)3-7-23-12-16/h10H,1-9,11-12H2. The van der Waals surface area contributed by atoms with Crippen molar-refractivity contribution in [2.75, 3.05) is 62.4 Å². The smallest absolute Gasteiger partial charge is 0.228 e. The van der Waals surface area contributed by atoms with E-state index >= 15 is 0 Å². The van der Waals surface area contributed by atoms with Gasteiger partial charge in [0.25, 0.3) is 0 Å². The number of hydrogen-bond donors (Lipinski definition) is 0. The van der Waals surface area contributed by atoms with Crippen molar-refractivity contribution in [1.29, 1.82) is 0 Å². The largest absolute Gasteiger partial charge is 0.381 e. The van der Waals surface area contributed by atoms with Crippen LogP contribution in [0.1, 0.15) is 19.3 Å². The first-order valence-electron chi connectivity index (χ1n) is 8.44. The van der Waals surface area contributed by atoms with Gasteiger partial charge in [-0.15, -0.1) is 0 Å². The van der Waals surface area contributed by atoms with Crippen LogP contribution in [0.3, 0.4) is 0 Å². The molecule has 3 fully saturated rings. The highest BCUT2D eigenvalue weighted by molar-refractivity contribution is 6.29. The Bertz CT molecular complexity index is 559. The lowest BCUT2D eigenvalue weighted by atomic mass is 9.79. The van der Waals surface area contributed by atoms with E-state index in [2.05, 4.69) is 14.8 Å². The first-order valence-corrected chi connectivity index (χ1v) is 8.82. The number of halogens is 1. The molecular weight excluding hydrogens is 316 g/mol. The van der Waals surface area contributed by atoms with Crippen LogP contribution < -0.4 is 9.80 Å². The third-order valence-electron chi connectivity index (χ3n) is 5.13. The predicted molar refractivity (Wildman–Crippen MR) is 89.4 cm³/mol. The summed E-state index contributed by atoms with van der Waals surface area (Å²) in [5.74, 6) is 1.66. The van der Waals surface area contributed by atoms with Gasteiger partial charge in [0.05, 0.1) is 19.8 Å². The minimum absolute atomic E-state index is 0.300. The Balaban J connectivity index is 1.56. The maximum Gasteiger partial charge on any atom is 0.228 e. The molecule has 7 heteroatoms. The van der Waals surface area contributed by atoms with Crippen molar-refractivity contribution in [2.45, 2.75) is 19.3 Å². The number of aromatic nitrogens is 2. The van der Waals surface area contributed by atoms with Gasteiger partial charge < -0.3 is 19.3 Å². The van der Waals surface area contributed by atoms with Crippen LogP contribution in [0.2, 0.25) is 5.15 Å². The van der Waals surface area contributed by atoms with E-state index in [9.17, 15) is 0 Å². The third-order valence-corrected chi connectivity index (χ3v) is 5.33. The normalized spacial score (nSPS) is 28.6. The second-order valence-electron chi connectivity index (χ2n) is 6.78. The second kappa shape index (κ2) is 6.42. The zero-order valence-electron chi connectivity index (χ0n) is 13.3. The molecule has 0 radical (unpaired) electrons. The average molecular weight is 339 g/mol. The molecule has 1 unspecified atom stereocenters. The molecule has 0 amide bonds. The number of hydrogen-bond acceptors (Lipinski definition) is 6. The molecule has 3 aliphatic heterocycles. The molecule has 1 spiro atoms. The van der Waals surface area contributed by atoms with E-state index < -0.39 is 0 Å². The van der Waals surface area contributed by atoms with Crippen LogP contribution in [0.5, 0.6) is 0 Å². The zero-order chi connectivity index (χ0) is 15.7. The van der Waals surface area contributed by atoms with Crippen molar-refractivity contribution in [3.8, 4) is 0 Å². The number of piperidine rings is 1. The average Bonchev–Trinajstić information content (AvgIpc) is 3.03. The highest BCUT2D eigenvalue weighted by Crippen LogP contribution is 2.39. The molecule has 126 valence electrons. The van der Waals surface area contributed by atoms with Crippen LogP contribution in [0.25, 0.3) is 0 Å². The van der Waals surface area contributed by atoms with Crippen molar-refractivity contribution in [1.82, 2.24) is 9.97 Å². The van der Waals surface area contributed by atoms with E-state index in [1.807, 2.05) is 6.07 Å². The van der Waals surface area contributed by atoms with E-state index in [0.29, 0.717) is 10.6 Å². The summed E-state index contributed by atoms with van der Waals surface area (Å²) in [4.78, 5) is 13.7. The molecule has 1 atom stereocenters. The third kappa shape index (κ3) is 3.25. The van der Waals surface area contributed by atoms with Crippen LogP contribution in [-0.2, 0) is 9.47 Å². The first kappa shape index (κ1) is 15.4. The minimum atomic E-state index is 0.300. The van der Waals surface area contributed by atoms with E-state index in [1.165, 1.54) is 12.8 Å². The fraction of sp³-hybridized carbons (Fsp3) is 0.750. The molecule has 0 bridgehead atoms. The topological polar surface area (TPSA) is 50.7 Å². The monoisotopic (exact) mass is 338 g/mol. The van der Waals surface area contributed by atoms with Crippen LogP contribution in [0.4, 0.5) is 11.8 Å². The fourth-order valence-electron chi connectivity index (χ4n) is 3.84. The van der Waals surface area contributed by atoms with Gasteiger partial charge in [-0.05, 0) is 19.3 Å². The lowest BCUT2D eigenvalue weighted by Crippen LogP contribution is -2.44. The summed E-state index contributed by atoms with van der Waals surface area (Å²) in [6.07, 6.45) is 3.58. The number of rotatable bonds is 2. The molecule has 1 aromatic rings. The molecule has 0 N–H and O–H groups in total. The van der Waals surface area contributed by atoms with Gasteiger partial charge in [-0.1, -0.05) is 11.6 Å². The molecule has 0 aliphatic carbocycles. The Kier molecular flexibility index (Phi) is 4.30. The molecule has 4 rings (SSSR count). The summed E-state index contributed by atoms with van der Waals surface area (Å²) < 4.78 is 11.1. The van der Waals surface area contributed by atoms with Crippen molar-refractivity contribution in [3.63, 3.8) is 0 Å². The van der Waals surface area contributed by atoms with Crippen molar-refractivity contribution >= 4 is 23.4 Å². The Hall–Kier alpha value is -1.11. The van der Waals surface area contributed by atoms with E-state index in [4.69, 9.17) is 26.1 Å². The van der Waals surface area contributed by atoms with Gasteiger partial charge in [-0.25, -0.2) is 4.98 Å².